The molecule has 1 aromatic rings. The van der Waals surface area contributed by atoms with Crippen LogP contribution in [0.5, 0.6) is 5.75 Å². The Morgan fingerprint density at radius 3 is 3.11 bits per heavy atom. The second kappa shape index (κ2) is 5.51. The van der Waals surface area contributed by atoms with Crippen molar-refractivity contribution in [3.8, 4) is 5.75 Å². The highest BCUT2D eigenvalue weighted by atomic mass is 16.5. The lowest BCUT2D eigenvalue weighted by molar-refractivity contribution is 0.0820. The lowest BCUT2D eigenvalue weighted by atomic mass is 10.0. The average Bonchev–Trinajstić information content (AvgIpc) is 3.05. The number of hydrogen-bond acceptors (Lipinski definition) is 3. The number of fused-ring (bicyclic) bond motifs is 1. The summed E-state index contributed by atoms with van der Waals surface area (Å²) >= 11 is 0. The number of hydrogen-bond donors (Lipinski definition) is 1. The largest absolute Gasteiger partial charge is 0.493 e. The van der Waals surface area contributed by atoms with E-state index < -0.39 is 0 Å². The Labute approximate surface area is 115 Å². The van der Waals surface area contributed by atoms with Gasteiger partial charge >= 0.3 is 0 Å². The number of nitrogens with one attached hydrogen (secondary N) is 1. The summed E-state index contributed by atoms with van der Waals surface area (Å²) in [5.41, 5.74) is 2.70. The maximum absolute atomic E-state index is 5.56. The fourth-order valence-electron chi connectivity index (χ4n) is 3.29. The fraction of sp³-hybridized carbons (Fsp3) is 0.625. The van der Waals surface area contributed by atoms with Gasteiger partial charge in [-0.05, 0) is 43.4 Å². The van der Waals surface area contributed by atoms with Crippen LogP contribution in [0, 0.1) is 0 Å². The average molecular weight is 261 g/mol. The van der Waals surface area contributed by atoms with Crippen LogP contribution in [0.2, 0.25) is 0 Å². The molecule has 19 heavy (non-hydrogen) atoms. The highest BCUT2D eigenvalue weighted by Gasteiger charge is 2.28. The molecule has 3 heteroatoms. The van der Waals surface area contributed by atoms with E-state index in [1.165, 1.54) is 30.4 Å². The first-order chi connectivity index (χ1) is 9.28. The van der Waals surface area contributed by atoms with E-state index in [9.17, 15) is 0 Å². The molecule has 1 fully saturated rings. The molecule has 1 saturated carbocycles. The van der Waals surface area contributed by atoms with Crippen LogP contribution in [0.25, 0.3) is 0 Å². The predicted octanol–water partition coefficient (Wildman–Crippen LogP) is 2.84. The fourth-order valence-corrected chi connectivity index (χ4v) is 3.29. The van der Waals surface area contributed by atoms with Crippen LogP contribution in [0.4, 0.5) is 0 Å². The molecule has 2 aliphatic rings. The van der Waals surface area contributed by atoms with Crippen molar-refractivity contribution in [1.82, 2.24) is 5.32 Å². The zero-order valence-electron chi connectivity index (χ0n) is 11.8. The van der Waals surface area contributed by atoms with E-state index in [4.69, 9.17) is 9.47 Å². The van der Waals surface area contributed by atoms with Gasteiger partial charge < -0.3 is 14.8 Å². The van der Waals surface area contributed by atoms with E-state index >= 15 is 0 Å². The van der Waals surface area contributed by atoms with E-state index in [0.717, 1.165) is 18.8 Å². The van der Waals surface area contributed by atoms with Gasteiger partial charge in [0.05, 0.1) is 12.7 Å². The lowest BCUT2D eigenvalue weighted by Gasteiger charge is -2.24. The van der Waals surface area contributed by atoms with Gasteiger partial charge in [0.2, 0.25) is 0 Å². The molecule has 0 amide bonds. The van der Waals surface area contributed by atoms with Crippen molar-refractivity contribution in [2.75, 3.05) is 13.7 Å². The van der Waals surface area contributed by atoms with Gasteiger partial charge in [-0.1, -0.05) is 12.1 Å². The van der Waals surface area contributed by atoms with Crippen LogP contribution in [0.3, 0.4) is 0 Å². The minimum Gasteiger partial charge on any atom is -0.493 e. The van der Waals surface area contributed by atoms with Gasteiger partial charge in [-0.2, -0.15) is 0 Å². The zero-order chi connectivity index (χ0) is 13.2. The van der Waals surface area contributed by atoms with Gasteiger partial charge in [-0.15, -0.1) is 0 Å². The van der Waals surface area contributed by atoms with Crippen molar-refractivity contribution < 1.29 is 9.47 Å². The first-order valence-corrected chi connectivity index (χ1v) is 7.32. The first-order valence-electron chi connectivity index (χ1n) is 7.32. The van der Waals surface area contributed by atoms with E-state index in [1.54, 1.807) is 0 Å². The Hall–Kier alpha value is -1.06. The van der Waals surface area contributed by atoms with Crippen LogP contribution < -0.4 is 10.1 Å². The van der Waals surface area contributed by atoms with Crippen molar-refractivity contribution in [3.63, 3.8) is 0 Å². The van der Waals surface area contributed by atoms with E-state index in [2.05, 4.69) is 30.4 Å². The molecule has 0 radical (unpaired) electrons. The Kier molecular flexibility index (Phi) is 3.76. The molecule has 3 unspecified atom stereocenters. The van der Waals surface area contributed by atoms with E-state index in [0.29, 0.717) is 18.2 Å². The quantitative estimate of drug-likeness (QED) is 0.904. The summed E-state index contributed by atoms with van der Waals surface area (Å²) in [7, 11) is 1.82. The maximum atomic E-state index is 5.56. The molecular formula is C16H23NO2. The first kappa shape index (κ1) is 12.9. The SMILES string of the molecule is COC1CCCC1NC(C)c1ccc2c(c1)CCO2. The monoisotopic (exact) mass is 261 g/mol. The van der Waals surface area contributed by atoms with Gasteiger partial charge in [0.25, 0.3) is 0 Å². The molecule has 1 aromatic carbocycles. The van der Waals surface area contributed by atoms with Crippen LogP contribution in [-0.4, -0.2) is 25.9 Å². The summed E-state index contributed by atoms with van der Waals surface area (Å²) < 4.78 is 11.1. The Balaban J connectivity index is 1.68. The summed E-state index contributed by atoms with van der Waals surface area (Å²) in [6, 6.07) is 7.43. The summed E-state index contributed by atoms with van der Waals surface area (Å²) in [5.74, 6) is 1.06. The standard InChI is InChI=1S/C16H23NO2/c1-11(17-14-4-3-5-16(14)18-2)12-6-7-15-13(10-12)8-9-19-15/h6-7,10-11,14,16-17H,3-5,8-9H2,1-2H3. The van der Waals surface area contributed by atoms with Gasteiger partial charge in [-0.25, -0.2) is 0 Å². The van der Waals surface area contributed by atoms with Crippen LogP contribution >= 0.6 is 0 Å². The van der Waals surface area contributed by atoms with Crippen LogP contribution in [0.1, 0.15) is 43.4 Å². The molecule has 3 rings (SSSR count). The van der Waals surface area contributed by atoms with E-state index in [-0.39, 0.29) is 0 Å². The summed E-state index contributed by atoms with van der Waals surface area (Å²) in [6.07, 6.45) is 5.08. The predicted molar refractivity (Wildman–Crippen MR) is 75.6 cm³/mol. The summed E-state index contributed by atoms with van der Waals surface area (Å²) in [5, 5.41) is 3.72. The molecule has 1 heterocycles. The van der Waals surface area contributed by atoms with Crippen LogP contribution in [0.15, 0.2) is 18.2 Å². The molecule has 0 bridgehead atoms. The highest BCUT2D eigenvalue weighted by molar-refractivity contribution is 5.40. The molecular weight excluding hydrogens is 238 g/mol. The van der Waals surface area contributed by atoms with Crippen molar-refractivity contribution in [2.24, 2.45) is 0 Å². The maximum Gasteiger partial charge on any atom is 0.122 e. The topological polar surface area (TPSA) is 30.5 Å². The second-order valence-corrected chi connectivity index (χ2v) is 5.67. The van der Waals surface area contributed by atoms with Crippen molar-refractivity contribution >= 4 is 0 Å². The molecule has 1 aliphatic heterocycles. The zero-order valence-corrected chi connectivity index (χ0v) is 11.8. The van der Waals surface area contributed by atoms with Gasteiger partial charge in [0.1, 0.15) is 5.75 Å². The Morgan fingerprint density at radius 2 is 2.26 bits per heavy atom. The number of rotatable bonds is 4. The second-order valence-electron chi connectivity index (χ2n) is 5.67. The normalized spacial score (nSPS) is 27.1. The van der Waals surface area contributed by atoms with Crippen molar-refractivity contribution in [1.29, 1.82) is 0 Å². The Morgan fingerprint density at radius 1 is 1.37 bits per heavy atom. The molecule has 1 aliphatic carbocycles. The third-order valence-corrected chi connectivity index (χ3v) is 4.43. The Bertz CT molecular complexity index is 446. The van der Waals surface area contributed by atoms with E-state index in [1.807, 2.05) is 7.11 Å². The molecule has 3 atom stereocenters. The molecule has 0 spiro atoms. The molecule has 3 nitrogen and oxygen atoms in total. The summed E-state index contributed by atoms with van der Waals surface area (Å²) in [4.78, 5) is 0. The smallest absolute Gasteiger partial charge is 0.122 e. The minimum absolute atomic E-state index is 0.367. The van der Waals surface area contributed by atoms with Gasteiger partial charge in [-0.3, -0.25) is 0 Å². The number of methoxy groups -OCH3 is 1. The lowest BCUT2D eigenvalue weighted by Crippen LogP contribution is -2.38. The van der Waals surface area contributed by atoms with Crippen molar-refractivity contribution in [3.05, 3.63) is 29.3 Å². The van der Waals surface area contributed by atoms with Gasteiger partial charge in [0, 0.05) is 25.6 Å². The van der Waals surface area contributed by atoms with Crippen LogP contribution in [-0.2, 0) is 11.2 Å². The number of ether oxygens (including phenoxy) is 2. The third-order valence-electron chi connectivity index (χ3n) is 4.43. The molecule has 0 aromatic heterocycles. The van der Waals surface area contributed by atoms with Crippen molar-refractivity contribution in [2.45, 2.75) is 50.8 Å². The van der Waals surface area contributed by atoms with Gasteiger partial charge in [0.15, 0.2) is 0 Å². The third kappa shape index (κ3) is 2.63. The molecule has 0 saturated heterocycles. The highest BCUT2D eigenvalue weighted by Crippen LogP contribution is 2.29. The summed E-state index contributed by atoms with van der Waals surface area (Å²) in [6.45, 7) is 3.07. The molecule has 1 N–H and O–H groups in total. The molecule has 104 valence electrons. The minimum atomic E-state index is 0.367. The number of benzene rings is 1.